The number of fused-ring (bicyclic) bond motifs is 1. The van der Waals surface area contributed by atoms with Gasteiger partial charge in [-0.3, -0.25) is 0 Å². The van der Waals surface area contributed by atoms with Crippen LogP contribution >= 0.6 is 12.4 Å². The van der Waals surface area contributed by atoms with E-state index in [0.29, 0.717) is 18.0 Å². The van der Waals surface area contributed by atoms with E-state index >= 15 is 0 Å². The zero-order valence-electron chi connectivity index (χ0n) is 11.6. The summed E-state index contributed by atoms with van der Waals surface area (Å²) in [5.41, 5.74) is 5.88. The summed E-state index contributed by atoms with van der Waals surface area (Å²) in [6, 6.07) is 13.0. The highest BCUT2D eigenvalue weighted by Crippen LogP contribution is 2.23. The van der Waals surface area contributed by atoms with Gasteiger partial charge in [-0.1, -0.05) is 30.3 Å². The van der Waals surface area contributed by atoms with Gasteiger partial charge in [0.25, 0.3) is 0 Å². The molecule has 1 aliphatic rings. The molecule has 0 unspecified atom stereocenters. The van der Waals surface area contributed by atoms with Gasteiger partial charge in [-0.05, 0) is 35.7 Å². The van der Waals surface area contributed by atoms with Gasteiger partial charge >= 0.3 is 0 Å². The Kier molecular flexibility index (Phi) is 4.88. The lowest BCUT2D eigenvalue weighted by Gasteiger charge is -2.29. The Morgan fingerprint density at radius 2 is 1.81 bits per heavy atom. The fourth-order valence-electron chi connectivity index (χ4n) is 2.67. The number of sulfonamides is 1. The molecule has 0 saturated carbocycles. The molecule has 0 aliphatic carbocycles. The van der Waals surface area contributed by atoms with Crippen LogP contribution < -0.4 is 5.73 Å². The zero-order chi connectivity index (χ0) is 14.2. The second-order valence-electron chi connectivity index (χ2n) is 5.27. The lowest BCUT2D eigenvalue weighted by atomic mass is 10.1. The number of nitrogens with two attached hydrogens (primary N) is 1. The Morgan fingerprint density at radius 3 is 2.52 bits per heavy atom. The van der Waals surface area contributed by atoms with E-state index in [0.717, 1.165) is 23.6 Å². The van der Waals surface area contributed by atoms with E-state index < -0.39 is 10.0 Å². The van der Waals surface area contributed by atoms with E-state index in [2.05, 4.69) is 0 Å². The van der Waals surface area contributed by atoms with Crippen LogP contribution in [-0.2, 0) is 10.0 Å². The Labute approximate surface area is 131 Å². The highest BCUT2D eigenvalue weighted by atomic mass is 35.5. The van der Waals surface area contributed by atoms with Crippen molar-refractivity contribution >= 4 is 33.2 Å². The first-order chi connectivity index (χ1) is 9.57. The largest absolute Gasteiger partial charge is 0.327 e. The van der Waals surface area contributed by atoms with Gasteiger partial charge in [-0.25, -0.2) is 8.42 Å². The third-order valence-corrected chi connectivity index (χ3v) is 5.64. The van der Waals surface area contributed by atoms with Crippen LogP contribution in [0, 0.1) is 0 Å². The van der Waals surface area contributed by atoms with Crippen LogP contribution in [0.1, 0.15) is 12.8 Å². The van der Waals surface area contributed by atoms with Crippen molar-refractivity contribution in [3.8, 4) is 0 Å². The highest BCUT2D eigenvalue weighted by molar-refractivity contribution is 7.89. The smallest absolute Gasteiger partial charge is 0.243 e. The number of hydrogen-bond acceptors (Lipinski definition) is 3. The maximum absolute atomic E-state index is 12.6. The summed E-state index contributed by atoms with van der Waals surface area (Å²) >= 11 is 0. The standard InChI is InChI=1S/C15H18N2O2S.ClH/c16-14-6-3-9-17(11-14)20(18,19)15-8-7-12-4-1-2-5-13(12)10-15;/h1-2,4-5,7-8,10,14H,3,6,9,11,16H2;1H/t14-;/m1./s1. The van der Waals surface area contributed by atoms with Crippen molar-refractivity contribution in [1.29, 1.82) is 0 Å². The van der Waals surface area contributed by atoms with Crippen LogP contribution in [0.2, 0.25) is 0 Å². The topological polar surface area (TPSA) is 63.4 Å². The summed E-state index contributed by atoms with van der Waals surface area (Å²) < 4.78 is 26.8. The third kappa shape index (κ3) is 3.21. The summed E-state index contributed by atoms with van der Waals surface area (Å²) in [6.45, 7) is 0.970. The van der Waals surface area contributed by atoms with E-state index in [-0.39, 0.29) is 18.4 Å². The molecular formula is C15H19ClN2O2S. The van der Waals surface area contributed by atoms with E-state index in [1.807, 2.05) is 30.3 Å². The number of hydrogen-bond donors (Lipinski definition) is 1. The Balaban J connectivity index is 0.00000161. The quantitative estimate of drug-likeness (QED) is 0.921. The fraction of sp³-hybridized carbons (Fsp3) is 0.333. The van der Waals surface area contributed by atoms with Crippen LogP contribution in [-0.4, -0.2) is 31.9 Å². The molecule has 1 aliphatic heterocycles. The van der Waals surface area contributed by atoms with Crippen molar-refractivity contribution in [2.75, 3.05) is 13.1 Å². The summed E-state index contributed by atoms with van der Waals surface area (Å²) in [4.78, 5) is 0.352. The monoisotopic (exact) mass is 326 g/mol. The molecule has 0 amide bonds. The molecule has 4 nitrogen and oxygen atoms in total. The average Bonchev–Trinajstić information content (AvgIpc) is 2.46. The number of benzene rings is 2. The van der Waals surface area contributed by atoms with Crippen LogP contribution in [0.25, 0.3) is 10.8 Å². The molecule has 2 aromatic carbocycles. The third-order valence-electron chi connectivity index (χ3n) is 3.78. The molecule has 0 aromatic heterocycles. The maximum atomic E-state index is 12.6. The van der Waals surface area contributed by atoms with E-state index in [1.165, 1.54) is 4.31 Å². The molecule has 6 heteroatoms. The van der Waals surface area contributed by atoms with Crippen molar-refractivity contribution in [2.24, 2.45) is 5.73 Å². The minimum absolute atomic E-state index is 0. The van der Waals surface area contributed by atoms with Gasteiger partial charge < -0.3 is 5.73 Å². The van der Waals surface area contributed by atoms with Crippen molar-refractivity contribution in [2.45, 2.75) is 23.8 Å². The summed E-state index contributed by atoms with van der Waals surface area (Å²) in [5.74, 6) is 0. The Morgan fingerprint density at radius 1 is 1.10 bits per heavy atom. The first kappa shape index (κ1) is 16.2. The van der Waals surface area contributed by atoms with E-state index in [9.17, 15) is 8.42 Å². The molecule has 0 spiro atoms. The lowest BCUT2D eigenvalue weighted by molar-refractivity contribution is 0.316. The molecule has 1 fully saturated rings. The van der Waals surface area contributed by atoms with Crippen LogP contribution in [0.3, 0.4) is 0 Å². The predicted octanol–water partition coefficient (Wildman–Crippen LogP) is 2.37. The molecule has 3 rings (SSSR count). The zero-order valence-corrected chi connectivity index (χ0v) is 13.2. The fourth-order valence-corrected chi connectivity index (χ4v) is 4.24. The second-order valence-corrected chi connectivity index (χ2v) is 7.21. The summed E-state index contributed by atoms with van der Waals surface area (Å²) in [7, 11) is -3.43. The molecular weight excluding hydrogens is 308 g/mol. The number of halogens is 1. The normalized spacial score (nSPS) is 20.1. The molecule has 1 atom stereocenters. The molecule has 2 aromatic rings. The predicted molar refractivity (Wildman–Crippen MR) is 87.2 cm³/mol. The van der Waals surface area contributed by atoms with Crippen molar-refractivity contribution in [3.63, 3.8) is 0 Å². The Hall–Kier alpha value is -1.14. The summed E-state index contributed by atoms with van der Waals surface area (Å²) in [5, 5.41) is 1.98. The minimum atomic E-state index is -3.43. The average molecular weight is 327 g/mol. The summed E-state index contributed by atoms with van der Waals surface area (Å²) in [6.07, 6.45) is 1.72. The molecule has 21 heavy (non-hydrogen) atoms. The SMILES string of the molecule is Cl.N[C@@H]1CCCN(S(=O)(=O)c2ccc3ccccc3c2)C1. The van der Waals surface area contributed by atoms with Crippen LogP contribution in [0.4, 0.5) is 0 Å². The van der Waals surface area contributed by atoms with Gasteiger partial charge in [-0.2, -0.15) is 4.31 Å². The van der Waals surface area contributed by atoms with E-state index in [4.69, 9.17) is 5.73 Å². The van der Waals surface area contributed by atoms with Crippen molar-refractivity contribution in [3.05, 3.63) is 42.5 Å². The van der Waals surface area contributed by atoms with E-state index in [1.54, 1.807) is 12.1 Å². The molecule has 1 saturated heterocycles. The first-order valence-electron chi connectivity index (χ1n) is 6.82. The van der Waals surface area contributed by atoms with Crippen molar-refractivity contribution < 1.29 is 8.42 Å². The molecule has 114 valence electrons. The Bertz CT molecular complexity index is 733. The van der Waals surface area contributed by atoms with Gasteiger partial charge in [0.05, 0.1) is 4.90 Å². The van der Waals surface area contributed by atoms with Crippen LogP contribution in [0.5, 0.6) is 0 Å². The van der Waals surface area contributed by atoms with Gasteiger partial charge in [0.15, 0.2) is 0 Å². The lowest BCUT2D eigenvalue weighted by Crippen LogP contribution is -2.45. The van der Waals surface area contributed by atoms with Gasteiger partial charge in [0, 0.05) is 19.1 Å². The minimum Gasteiger partial charge on any atom is -0.327 e. The molecule has 0 bridgehead atoms. The number of nitrogens with zero attached hydrogens (tertiary/aromatic N) is 1. The van der Waals surface area contributed by atoms with Gasteiger partial charge in [0.2, 0.25) is 10.0 Å². The van der Waals surface area contributed by atoms with Gasteiger partial charge in [0.1, 0.15) is 0 Å². The van der Waals surface area contributed by atoms with Crippen LogP contribution in [0.15, 0.2) is 47.4 Å². The van der Waals surface area contributed by atoms with Gasteiger partial charge in [-0.15, -0.1) is 12.4 Å². The number of piperidine rings is 1. The molecule has 1 heterocycles. The second kappa shape index (κ2) is 6.32. The molecule has 2 N–H and O–H groups in total. The number of rotatable bonds is 2. The first-order valence-corrected chi connectivity index (χ1v) is 8.26. The maximum Gasteiger partial charge on any atom is 0.243 e. The highest BCUT2D eigenvalue weighted by Gasteiger charge is 2.28. The van der Waals surface area contributed by atoms with Crippen molar-refractivity contribution in [1.82, 2.24) is 4.31 Å². The molecule has 0 radical (unpaired) electrons.